The van der Waals surface area contributed by atoms with Gasteiger partial charge in [-0.25, -0.2) is 0 Å². The molecule has 6 heteroatoms. The third-order valence-corrected chi connectivity index (χ3v) is 5.46. The highest BCUT2D eigenvalue weighted by Gasteiger charge is 2.44. The number of carbonyl (C=O) groups excluding carboxylic acids is 1. The number of benzene rings is 1. The van der Waals surface area contributed by atoms with Crippen LogP contribution in [0.25, 0.3) is 0 Å². The fraction of sp³-hybridized carbons (Fsp3) is 0.579. The van der Waals surface area contributed by atoms with Gasteiger partial charge in [0.1, 0.15) is 0 Å². The highest BCUT2D eigenvalue weighted by molar-refractivity contribution is 6.30. The molecular formula is C19H27ClN4O. The summed E-state index contributed by atoms with van der Waals surface area (Å²) in [4.78, 5) is 18.4. The van der Waals surface area contributed by atoms with E-state index in [9.17, 15) is 4.79 Å². The second-order valence-corrected chi connectivity index (χ2v) is 7.45. The first-order chi connectivity index (χ1) is 12.1. The zero-order chi connectivity index (χ0) is 17.7. The second kappa shape index (κ2) is 8.09. The van der Waals surface area contributed by atoms with Crippen LogP contribution in [-0.4, -0.2) is 50.0 Å². The Bertz CT molecular complexity index is 636. The zero-order valence-electron chi connectivity index (χ0n) is 14.9. The van der Waals surface area contributed by atoms with Gasteiger partial charge >= 0.3 is 0 Å². The lowest BCUT2D eigenvalue weighted by atomic mass is 9.96. The molecule has 1 amide bonds. The fourth-order valence-electron chi connectivity index (χ4n) is 3.42. The number of likely N-dealkylation sites (tertiary alicyclic amines) is 1. The van der Waals surface area contributed by atoms with Crippen molar-refractivity contribution in [1.82, 2.24) is 15.5 Å². The van der Waals surface area contributed by atoms with E-state index in [1.807, 2.05) is 23.1 Å². The standard InChI is InChI=1S/C19H27ClN4O/c1-21-18(22-13-17(25)24-10-3-2-4-11-24)23-14-19(8-9-19)15-6-5-7-16(20)12-15/h5-7,12H,2-4,8-11,13-14H2,1H3,(H2,21,22,23). The van der Waals surface area contributed by atoms with Crippen LogP contribution in [0.3, 0.4) is 0 Å². The van der Waals surface area contributed by atoms with E-state index in [2.05, 4.69) is 21.7 Å². The van der Waals surface area contributed by atoms with E-state index >= 15 is 0 Å². The summed E-state index contributed by atoms with van der Waals surface area (Å²) in [5, 5.41) is 7.30. The summed E-state index contributed by atoms with van der Waals surface area (Å²) >= 11 is 6.13. The summed E-state index contributed by atoms with van der Waals surface area (Å²) < 4.78 is 0. The molecule has 0 aromatic heterocycles. The molecule has 0 unspecified atom stereocenters. The molecule has 1 heterocycles. The number of nitrogens with one attached hydrogen (secondary N) is 2. The molecule has 0 spiro atoms. The Balaban J connectivity index is 1.49. The number of amides is 1. The predicted molar refractivity (Wildman–Crippen MR) is 102 cm³/mol. The molecule has 1 aliphatic carbocycles. The maximum Gasteiger partial charge on any atom is 0.241 e. The summed E-state index contributed by atoms with van der Waals surface area (Å²) in [7, 11) is 1.74. The molecule has 1 aromatic carbocycles. The number of aliphatic imine (C=N–C) groups is 1. The molecule has 3 rings (SSSR count). The summed E-state index contributed by atoms with van der Waals surface area (Å²) in [5.41, 5.74) is 1.41. The molecular weight excluding hydrogens is 336 g/mol. The number of hydrogen-bond donors (Lipinski definition) is 2. The maximum atomic E-state index is 12.3. The van der Waals surface area contributed by atoms with Gasteiger partial charge in [-0.15, -0.1) is 0 Å². The van der Waals surface area contributed by atoms with E-state index in [4.69, 9.17) is 11.6 Å². The quantitative estimate of drug-likeness (QED) is 0.625. The Morgan fingerprint density at radius 3 is 2.64 bits per heavy atom. The largest absolute Gasteiger partial charge is 0.356 e. The van der Waals surface area contributed by atoms with Crippen molar-refractivity contribution < 1.29 is 4.79 Å². The number of hydrogen-bond acceptors (Lipinski definition) is 2. The van der Waals surface area contributed by atoms with Crippen LogP contribution in [0.2, 0.25) is 5.02 Å². The highest BCUT2D eigenvalue weighted by Crippen LogP contribution is 2.48. The third kappa shape index (κ3) is 4.66. The first kappa shape index (κ1) is 18.1. The van der Waals surface area contributed by atoms with Gasteiger partial charge in [0, 0.05) is 37.1 Å². The van der Waals surface area contributed by atoms with Gasteiger partial charge < -0.3 is 15.5 Å². The fourth-order valence-corrected chi connectivity index (χ4v) is 3.62. The molecule has 2 N–H and O–H groups in total. The molecule has 25 heavy (non-hydrogen) atoms. The molecule has 1 aromatic rings. The van der Waals surface area contributed by atoms with Crippen LogP contribution in [0.15, 0.2) is 29.3 Å². The van der Waals surface area contributed by atoms with E-state index in [0.29, 0.717) is 12.5 Å². The van der Waals surface area contributed by atoms with Gasteiger partial charge in [-0.3, -0.25) is 9.79 Å². The molecule has 1 saturated carbocycles. The van der Waals surface area contributed by atoms with E-state index in [0.717, 1.165) is 50.3 Å². The molecule has 2 fully saturated rings. The number of rotatable bonds is 5. The predicted octanol–water partition coefficient (Wildman–Crippen LogP) is 2.55. The molecule has 1 saturated heterocycles. The van der Waals surface area contributed by atoms with Crippen molar-refractivity contribution >= 4 is 23.5 Å². The van der Waals surface area contributed by atoms with Crippen LogP contribution in [0.1, 0.15) is 37.7 Å². The van der Waals surface area contributed by atoms with Gasteiger partial charge in [0.2, 0.25) is 5.91 Å². The SMILES string of the molecule is CN=C(NCC(=O)N1CCCCC1)NCC1(c2cccc(Cl)c2)CC1. The van der Waals surface area contributed by atoms with Gasteiger partial charge in [0.05, 0.1) is 6.54 Å². The summed E-state index contributed by atoms with van der Waals surface area (Å²) in [6.07, 6.45) is 5.74. The van der Waals surface area contributed by atoms with Gasteiger partial charge in [0.15, 0.2) is 5.96 Å². The number of piperidine rings is 1. The van der Waals surface area contributed by atoms with Crippen molar-refractivity contribution in [2.45, 2.75) is 37.5 Å². The molecule has 2 aliphatic rings. The zero-order valence-corrected chi connectivity index (χ0v) is 15.6. The number of guanidine groups is 1. The average molecular weight is 363 g/mol. The average Bonchev–Trinajstić information content (AvgIpc) is 3.43. The van der Waals surface area contributed by atoms with Crippen LogP contribution in [-0.2, 0) is 10.2 Å². The lowest BCUT2D eigenvalue weighted by Crippen LogP contribution is -2.47. The molecule has 5 nitrogen and oxygen atoms in total. The summed E-state index contributed by atoms with van der Waals surface area (Å²) in [6.45, 7) is 2.85. The normalized spacial score (nSPS) is 19.4. The second-order valence-electron chi connectivity index (χ2n) is 7.01. The number of halogens is 1. The van der Waals surface area contributed by atoms with E-state index in [1.54, 1.807) is 7.05 Å². The van der Waals surface area contributed by atoms with Gasteiger partial charge in [-0.2, -0.15) is 0 Å². The van der Waals surface area contributed by atoms with Crippen molar-refractivity contribution in [2.24, 2.45) is 4.99 Å². The van der Waals surface area contributed by atoms with Crippen molar-refractivity contribution in [2.75, 3.05) is 33.2 Å². The minimum Gasteiger partial charge on any atom is -0.356 e. The van der Waals surface area contributed by atoms with E-state index in [-0.39, 0.29) is 11.3 Å². The highest BCUT2D eigenvalue weighted by atomic mass is 35.5. The Kier molecular flexibility index (Phi) is 5.84. The van der Waals surface area contributed by atoms with E-state index in [1.165, 1.54) is 12.0 Å². The van der Waals surface area contributed by atoms with Gasteiger partial charge in [-0.1, -0.05) is 23.7 Å². The van der Waals surface area contributed by atoms with Crippen LogP contribution in [0, 0.1) is 0 Å². The maximum absolute atomic E-state index is 12.3. The van der Waals surface area contributed by atoms with Gasteiger partial charge in [-0.05, 0) is 49.8 Å². The lowest BCUT2D eigenvalue weighted by Gasteiger charge is -2.27. The van der Waals surface area contributed by atoms with Crippen molar-refractivity contribution in [3.05, 3.63) is 34.9 Å². The summed E-state index contributed by atoms with van der Waals surface area (Å²) in [6, 6.07) is 8.09. The molecule has 1 aliphatic heterocycles. The first-order valence-electron chi connectivity index (χ1n) is 9.11. The Morgan fingerprint density at radius 2 is 2.00 bits per heavy atom. The Hall–Kier alpha value is -1.75. The third-order valence-electron chi connectivity index (χ3n) is 5.22. The van der Waals surface area contributed by atoms with Gasteiger partial charge in [0.25, 0.3) is 0 Å². The topological polar surface area (TPSA) is 56.7 Å². The Labute approximate surface area is 154 Å². The van der Waals surface area contributed by atoms with Crippen LogP contribution < -0.4 is 10.6 Å². The summed E-state index contributed by atoms with van der Waals surface area (Å²) in [5.74, 6) is 0.831. The first-order valence-corrected chi connectivity index (χ1v) is 9.49. The van der Waals surface area contributed by atoms with Crippen LogP contribution in [0.4, 0.5) is 0 Å². The monoisotopic (exact) mass is 362 g/mol. The molecule has 0 radical (unpaired) electrons. The molecule has 0 bridgehead atoms. The number of nitrogens with zero attached hydrogens (tertiary/aromatic N) is 2. The van der Waals surface area contributed by atoms with Crippen LogP contribution in [0.5, 0.6) is 0 Å². The number of carbonyl (C=O) groups is 1. The Morgan fingerprint density at radius 1 is 1.24 bits per heavy atom. The molecule has 0 atom stereocenters. The minimum absolute atomic E-state index is 0.138. The molecule has 136 valence electrons. The van der Waals surface area contributed by atoms with Crippen molar-refractivity contribution in [3.63, 3.8) is 0 Å². The lowest BCUT2D eigenvalue weighted by molar-refractivity contribution is -0.130. The minimum atomic E-state index is 0.138. The van der Waals surface area contributed by atoms with Crippen molar-refractivity contribution in [3.8, 4) is 0 Å². The van der Waals surface area contributed by atoms with Crippen LogP contribution >= 0.6 is 11.6 Å². The van der Waals surface area contributed by atoms with E-state index < -0.39 is 0 Å². The smallest absolute Gasteiger partial charge is 0.241 e. The van der Waals surface area contributed by atoms with Crippen molar-refractivity contribution in [1.29, 1.82) is 0 Å².